The van der Waals surface area contributed by atoms with E-state index in [1.54, 1.807) is 25.3 Å². The summed E-state index contributed by atoms with van der Waals surface area (Å²) in [6.45, 7) is 0.861. The van der Waals surface area contributed by atoms with E-state index in [-0.39, 0.29) is 12.5 Å². The zero-order valence-corrected chi connectivity index (χ0v) is 10.8. The monoisotopic (exact) mass is 277 g/mol. The van der Waals surface area contributed by atoms with Gasteiger partial charge in [-0.3, -0.25) is 4.79 Å². The Morgan fingerprint density at radius 2 is 2.12 bits per heavy atom. The number of carbonyl (C=O) groups excluding carboxylic acids is 1. The van der Waals surface area contributed by atoms with Gasteiger partial charge in [-0.15, -0.1) is 0 Å². The van der Waals surface area contributed by atoms with Crippen molar-refractivity contribution in [2.75, 3.05) is 26.9 Å². The summed E-state index contributed by atoms with van der Waals surface area (Å²) >= 11 is 11.5. The van der Waals surface area contributed by atoms with E-state index < -0.39 is 0 Å². The quantitative estimate of drug-likeness (QED) is 0.811. The Morgan fingerprint density at radius 1 is 1.35 bits per heavy atom. The Morgan fingerprint density at radius 3 is 2.76 bits per heavy atom. The summed E-state index contributed by atoms with van der Waals surface area (Å²) in [4.78, 5) is 11.3. The molecule has 0 spiro atoms. The molecule has 0 aromatic heterocycles. The van der Waals surface area contributed by atoms with Crippen LogP contribution in [0.5, 0.6) is 5.75 Å². The van der Waals surface area contributed by atoms with Gasteiger partial charge < -0.3 is 14.8 Å². The number of ether oxygens (including phenoxy) is 2. The van der Waals surface area contributed by atoms with Gasteiger partial charge in [0.15, 0.2) is 6.61 Å². The van der Waals surface area contributed by atoms with Gasteiger partial charge in [-0.2, -0.15) is 0 Å². The molecule has 1 amide bonds. The molecule has 1 N–H and O–H groups in total. The standard InChI is InChI=1S/C11H13Cl2NO3/c1-16-5-4-14-11(15)7-17-8-2-3-9(12)10(13)6-8/h2-3,6H,4-5,7H2,1H3,(H,14,15). The number of halogens is 2. The molecule has 0 aliphatic rings. The average Bonchev–Trinajstić information content (AvgIpc) is 2.31. The zero-order valence-electron chi connectivity index (χ0n) is 9.33. The van der Waals surface area contributed by atoms with Crippen LogP contribution < -0.4 is 10.1 Å². The molecule has 0 radical (unpaired) electrons. The topological polar surface area (TPSA) is 47.6 Å². The van der Waals surface area contributed by atoms with Crippen molar-refractivity contribution < 1.29 is 14.3 Å². The molecule has 0 bridgehead atoms. The van der Waals surface area contributed by atoms with Gasteiger partial charge in [-0.05, 0) is 12.1 Å². The van der Waals surface area contributed by atoms with Crippen molar-refractivity contribution in [3.63, 3.8) is 0 Å². The minimum Gasteiger partial charge on any atom is -0.484 e. The normalized spacial score (nSPS) is 10.1. The lowest BCUT2D eigenvalue weighted by molar-refractivity contribution is -0.123. The van der Waals surface area contributed by atoms with Crippen molar-refractivity contribution in [1.29, 1.82) is 0 Å². The van der Waals surface area contributed by atoms with Gasteiger partial charge in [0.2, 0.25) is 0 Å². The molecule has 1 aromatic rings. The van der Waals surface area contributed by atoms with E-state index in [1.165, 1.54) is 0 Å². The number of amides is 1. The van der Waals surface area contributed by atoms with Gasteiger partial charge in [-0.1, -0.05) is 23.2 Å². The first-order chi connectivity index (χ1) is 8.13. The molecule has 6 heteroatoms. The third-order valence-corrected chi connectivity index (χ3v) is 2.63. The largest absolute Gasteiger partial charge is 0.484 e. The second-order valence-electron chi connectivity index (χ2n) is 3.21. The molecule has 0 aliphatic heterocycles. The molecule has 0 aliphatic carbocycles. The molecule has 4 nitrogen and oxygen atoms in total. The lowest BCUT2D eigenvalue weighted by Gasteiger charge is -2.07. The molecular weight excluding hydrogens is 265 g/mol. The lowest BCUT2D eigenvalue weighted by Crippen LogP contribution is -2.31. The highest BCUT2D eigenvalue weighted by Gasteiger charge is 2.04. The Kier molecular flexibility index (Phi) is 6.11. The molecule has 0 unspecified atom stereocenters. The SMILES string of the molecule is COCCNC(=O)COc1ccc(Cl)c(Cl)c1. The number of hydrogen-bond acceptors (Lipinski definition) is 3. The summed E-state index contributed by atoms with van der Waals surface area (Å²) in [5.41, 5.74) is 0. The summed E-state index contributed by atoms with van der Waals surface area (Å²) in [5, 5.41) is 3.47. The van der Waals surface area contributed by atoms with Crippen molar-refractivity contribution in [3.8, 4) is 5.75 Å². The van der Waals surface area contributed by atoms with E-state index in [2.05, 4.69) is 5.32 Å². The van der Waals surface area contributed by atoms with Crippen LogP contribution in [0.1, 0.15) is 0 Å². The van der Waals surface area contributed by atoms with Crippen molar-refractivity contribution >= 4 is 29.1 Å². The molecule has 0 fully saturated rings. The van der Waals surface area contributed by atoms with E-state index in [4.69, 9.17) is 32.7 Å². The van der Waals surface area contributed by atoms with Crippen LogP contribution in [-0.4, -0.2) is 32.8 Å². The van der Waals surface area contributed by atoms with Gasteiger partial charge >= 0.3 is 0 Å². The third kappa shape index (κ3) is 5.26. The smallest absolute Gasteiger partial charge is 0.258 e. The highest BCUT2D eigenvalue weighted by atomic mass is 35.5. The molecule has 17 heavy (non-hydrogen) atoms. The molecule has 0 saturated carbocycles. The van der Waals surface area contributed by atoms with Crippen LogP contribution in [0.3, 0.4) is 0 Å². The third-order valence-electron chi connectivity index (χ3n) is 1.89. The summed E-state index contributed by atoms with van der Waals surface area (Å²) in [7, 11) is 1.57. The highest BCUT2D eigenvalue weighted by molar-refractivity contribution is 6.42. The summed E-state index contributed by atoms with van der Waals surface area (Å²) < 4.78 is 10.0. The maximum absolute atomic E-state index is 11.3. The van der Waals surface area contributed by atoms with Crippen LogP contribution in [0.4, 0.5) is 0 Å². The Balaban J connectivity index is 2.34. The van der Waals surface area contributed by atoms with Crippen LogP contribution in [-0.2, 0) is 9.53 Å². The van der Waals surface area contributed by atoms with Crippen molar-refractivity contribution in [2.24, 2.45) is 0 Å². The molecule has 1 rings (SSSR count). The predicted octanol–water partition coefficient (Wildman–Crippen LogP) is 2.13. The summed E-state index contributed by atoms with van der Waals surface area (Å²) in [5.74, 6) is 0.286. The second-order valence-corrected chi connectivity index (χ2v) is 4.02. The van der Waals surface area contributed by atoms with Gasteiger partial charge in [0.05, 0.1) is 16.7 Å². The summed E-state index contributed by atoms with van der Waals surface area (Å²) in [6, 6.07) is 4.82. The van der Waals surface area contributed by atoms with Crippen LogP contribution in [0.2, 0.25) is 10.0 Å². The van der Waals surface area contributed by atoms with Crippen LogP contribution in [0.15, 0.2) is 18.2 Å². The highest BCUT2D eigenvalue weighted by Crippen LogP contribution is 2.26. The van der Waals surface area contributed by atoms with Gasteiger partial charge in [0.1, 0.15) is 5.75 Å². The van der Waals surface area contributed by atoms with Crippen molar-refractivity contribution in [1.82, 2.24) is 5.32 Å². The van der Waals surface area contributed by atoms with Crippen molar-refractivity contribution in [3.05, 3.63) is 28.2 Å². The van der Waals surface area contributed by atoms with E-state index >= 15 is 0 Å². The molecule has 1 aromatic carbocycles. The van der Waals surface area contributed by atoms with E-state index in [9.17, 15) is 4.79 Å². The fourth-order valence-corrected chi connectivity index (χ4v) is 1.35. The number of rotatable bonds is 6. The Hall–Kier alpha value is -0.970. The minimum absolute atomic E-state index is 0.0678. The summed E-state index contributed by atoms with van der Waals surface area (Å²) in [6.07, 6.45) is 0. The van der Waals surface area contributed by atoms with Crippen molar-refractivity contribution in [2.45, 2.75) is 0 Å². The van der Waals surface area contributed by atoms with E-state index in [1.807, 2.05) is 0 Å². The number of benzene rings is 1. The van der Waals surface area contributed by atoms with Gasteiger partial charge in [0, 0.05) is 19.7 Å². The fourth-order valence-electron chi connectivity index (χ4n) is 1.06. The maximum Gasteiger partial charge on any atom is 0.258 e. The van der Waals surface area contributed by atoms with Crippen LogP contribution >= 0.6 is 23.2 Å². The van der Waals surface area contributed by atoms with Gasteiger partial charge in [0.25, 0.3) is 5.91 Å². The first kappa shape index (κ1) is 14.1. The van der Waals surface area contributed by atoms with E-state index in [0.717, 1.165) is 0 Å². The molecule has 94 valence electrons. The Labute approximate surface area is 110 Å². The van der Waals surface area contributed by atoms with Gasteiger partial charge in [-0.25, -0.2) is 0 Å². The zero-order chi connectivity index (χ0) is 12.7. The number of nitrogens with one attached hydrogen (secondary N) is 1. The average molecular weight is 278 g/mol. The first-order valence-corrected chi connectivity index (χ1v) is 5.72. The van der Waals surface area contributed by atoms with Crippen LogP contribution in [0, 0.1) is 0 Å². The minimum atomic E-state index is -0.215. The van der Waals surface area contributed by atoms with Crippen LogP contribution in [0.25, 0.3) is 0 Å². The molecule has 0 heterocycles. The molecule has 0 atom stereocenters. The Bertz CT molecular complexity index is 385. The lowest BCUT2D eigenvalue weighted by atomic mass is 10.3. The molecular formula is C11H13Cl2NO3. The van der Waals surface area contributed by atoms with E-state index in [0.29, 0.717) is 28.9 Å². The number of hydrogen-bond donors (Lipinski definition) is 1. The maximum atomic E-state index is 11.3. The second kappa shape index (κ2) is 7.37. The first-order valence-electron chi connectivity index (χ1n) is 4.97. The number of carbonyl (C=O) groups is 1. The number of methoxy groups -OCH3 is 1. The fraction of sp³-hybridized carbons (Fsp3) is 0.364. The molecule has 0 saturated heterocycles. The predicted molar refractivity (Wildman–Crippen MR) is 66.8 cm³/mol.